The van der Waals surface area contributed by atoms with E-state index in [1.54, 1.807) is 65.1 Å². The SMILES string of the molecule is C=CCCOC(=O)[C@H]1[C@H]2C(=O)N([C@@H](CO)Cc3ccccc3)C(C(=O)N(CC=C)c3ccc(OC)cc3)C23CC(Br)[C@@H]1S3. The number of benzene rings is 2. The molecule has 228 valence electrons. The molecule has 3 aliphatic rings. The van der Waals surface area contributed by atoms with Crippen molar-refractivity contribution in [1.82, 2.24) is 4.90 Å². The van der Waals surface area contributed by atoms with Gasteiger partial charge in [-0.25, -0.2) is 0 Å². The number of hydrogen-bond acceptors (Lipinski definition) is 7. The summed E-state index contributed by atoms with van der Waals surface area (Å²) in [6.07, 6.45) is 4.72. The molecule has 2 amide bonds. The number of fused-ring (bicyclic) bond motifs is 1. The zero-order valence-corrected chi connectivity index (χ0v) is 26.5. The standard InChI is InChI=1S/C33H37BrN2O6S/c1-4-6-17-42-32(40)26-27-30(38)36(23(20-37)18-21-10-8-7-9-11-21)29(33(27)19-25(34)28(26)43-33)31(39)35(16-5-2)22-12-14-24(41-3)15-13-22/h4-5,7-15,23,25-29,37H,1-2,6,16-20H2,3H3/t23-,25?,26+,27+,28+,29?,33?/m1/s1. The van der Waals surface area contributed by atoms with Crippen LogP contribution in [0.15, 0.2) is 79.9 Å². The van der Waals surface area contributed by atoms with Crippen molar-refractivity contribution in [2.24, 2.45) is 11.8 Å². The summed E-state index contributed by atoms with van der Waals surface area (Å²) in [4.78, 5) is 46.1. The maximum atomic E-state index is 14.9. The predicted octanol–water partition coefficient (Wildman–Crippen LogP) is 4.40. The van der Waals surface area contributed by atoms with E-state index in [1.165, 1.54) is 0 Å². The average Bonchev–Trinajstić information content (AvgIpc) is 3.62. The predicted molar refractivity (Wildman–Crippen MR) is 171 cm³/mol. The molecule has 0 radical (unpaired) electrons. The summed E-state index contributed by atoms with van der Waals surface area (Å²) in [5.74, 6) is -1.82. The lowest BCUT2D eigenvalue weighted by Gasteiger charge is -2.40. The quantitative estimate of drug-likeness (QED) is 0.146. The summed E-state index contributed by atoms with van der Waals surface area (Å²) in [5.41, 5.74) is 1.57. The van der Waals surface area contributed by atoms with Crippen molar-refractivity contribution in [2.45, 2.75) is 46.2 Å². The van der Waals surface area contributed by atoms with Gasteiger partial charge in [0, 0.05) is 22.3 Å². The molecule has 0 aliphatic carbocycles. The van der Waals surface area contributed by atoms with Gasteiger partial charge in [0.25, 0.3) is 5.91 Å². The van der Waals surface area contributed by atoms with Crippen molar-refractivity contribution in [1.29, 1.82) is 0 Å². The van der Waals surface area contributed by atoms with Gasteiger partial charge in [-0.15, -0.1) is 24.9 Å². The van der Waals surface area contributed by atoms with Crippen LogP contribution in [0.25, 0.3) is 0 Å². The number of likely N-dealkylation sites (tertiary alicyclic amines) is 1. The third kappa shape index (κ3) is 5.65. The maximum Gasteiger partial charge on any atom is 0.310 e. The number of esters is 1. The fourth-order valence-corrected chi connectivity index (χ4v) is 10.4. The number of amides is 2. The average molecular weight is 670 g/mol. The number of rotatable bonds is 13. The molecular formula is C33H37BrN2O6S. The van der Waals surface area contributed by atoms with Crippen molar-refractivity contribution >= 4 is 51.2 Å². The first-order valence-corrected chi connectivity index (χ1v) is 16.2. The smallest absolute Gasteiger partial charge is 0.310 e. The number of aliphatic hydroxyl groups excluding tert-OH is 1. The number of alkyl halides is 1. The Morgan fingerprint density at radius 1 is 1.19 bits per heavy atom. The summed E-state index contributed by atoms with van der Waals surface area (Å²) in [5, 5.41) is 10.5. The summed E-state index contributed by atoms with van der Waals surface area (Å²) in [7, 11) is 1.58. The van der Waals surface area contributed by atoms with Gasteiger partial charge in [0.05, 0.1) is 42.9 Å². The maximum absolute atomic E-state index is 14.9. The van der Waals surface area contributed by atoms with Gasteiger partial charge in [-0.3, -0.25) is 14.4 Å². The zero-order chi connectivity index (χ0) is 30.7. The van der Waals surface area contributed by atoms with Crippen LogP contribution in [0.1, 0.15) is 18.4 Å². The van der Waals surface area contributed by atoms with Crippen molar-refractivity contribution in [3.63, 3.8) is 0 Å². The highest BCUT2D eigenvalue weighted by Crippen LogP contribution is 2.68. The van der Waals surface area contributed by atoms with E-state index in [9.17, 15) is 19.5 Å². The number of methoxy groups -OCH3 is 1. The molecule has 43 heavy (non-hydrogen) atoms. The fraction of sp³-hybridized carbons (Fsp3) is 0.424. The van der Waals surface area contributed by atoms with Crippen molar-refractivity contribution in [3.05, 3.63) is 85.5 Å². The minimum atomic E-state index is -0.922. The summed E-state index contributed by atoms with van der Waals surface area (Å²) in [6, 6.07) is 15.2. The highest BCUT2D eigenvalue weighted by molar-refractivity contribution is 9.09. The Morgan fingerprint density at radius 2 is 1.91 bits per heavy atom. The Balaban J connectivity index is 1.59. The highest BCUT2D eigenvalue weighted by Gasteiger charge is 2.76. The third-order valence-corrected chi connectivity index (χ3v) is 11.9. The lowest BCUT2D eigenvalue weighted by atomic mass is 9.71. The van der Waals surface area contributed by atoms with Crippen molar-refractivity contribution < 1.29 is 29.0 Å². The second-order valence-corrected chi connectivity index (χ2v) is 13.8. The van der Waals surface area contributed by atoms with Crippen LogP contribution >= 0.6 is 27.7 Å². The molecule has 3 saturated heterocycles. The van der Waals surface area contributed by atoms with Crippen LogP contribution in [-0.2, 0) is 25.5 Å². The number of thioether (sulfide) groups is 1. The monoisotopic (exact) mass is 668 g/mol. The van der Waals surface area contributed by atoms with Gasteiger partial charge in [-0.2, -0.15) is 0 Å². The summed E-state index contributed by atoms with van der Waals surface area (Å²) in [6.45, 7) is 7.64. The van der Waals surface area contributed by atoms with Gasteiger partial charge in [-0.1, -0.05) is 58.4 Å². The number of hydrogen-bond donors (Lipinski definition) is 1. The van der Waals surface area contributed by atoms with Crippen molar-refractivity contribution in [2.75, 3.05) is 31.8 Å². The first-order valence-electron chi connectivity index (χ1n) is 14.4. The normalized spacial score (nSPS) is 27.8. The Morgan fingerprint density at radius 3 is 2.53 bits per heavy atom. The molecule has 2 bridgehead atoms. The summed E-state index contributed by atoms with van der Waals surface area (Å²) < 4.78 is 10.1. The molecule has 8 nitrogen and oxygen atoms in total. The Bertz CT molecular complexity index is 1360. The number of anilines is 1. The molecule has 2 aromatic rings. The molecule has 0 saturated carbocycles. The molecule has 1 spiro atoms. The Hall–Kier alpha value is -3.08. The van der Waals surface area contributed by atoms with E-state index in [-0.39, 0.29) is 41.6 Å². The molecule has 1 N–H and O–H groups in total. The topological polar surface area (TPSA) is 96.4 Å². The zero-order valence-electron chi connectivity index (χ0n) is 24.1. The number of carbonyl (C=O) groups excluding carboxylic acids is 3. The Kier molecular flexibility index (Phi) is 9.68. The van der Waals surface area contributed by atoms with Crippen LogP contribution in [0.4, 0.5) is 5.69 Å². The molecule has 3 fully saturated rings. The van der Waals surface area contributed by atoms with Gasteiger partial charge in [-0.05, 0) is 49.1 Å². The Labute approximate surface area is 265 Å². The van der Waals surface area contributed by atoms with E-state index in [4.69, 9.17) is 9.47 Å². The number of halogens is 1. The van der Waals surface area contributed by atoms with Crippen LogP contribution < -0.4 is 9.64 Å². The fourth-order valence-electron chi connectivity index (χ4n) is 6.85. The van der Waals surface area contributed by atoms with Gasteiger partial charge >= 0.3 is 5.97 Å². The molecule has 3 heterocycles. The molecule has 5 rings (SSSR count). The van der Waals surface area contributed by atoms with E-state index in [2.05, 4.69) is 29.1 Å². The molecule has 3 unspecified atom stereocenters. The number of carbonyl (C=O) groups is 3. The van der Waals surface area contributed by atoms with Gasteiger partial charge in [0.2, 0.25) is 5.91 Å². The van der Waals surface area contributed by atoms with Crippen LogP contribution in [0.2, 0.25) is 0 Å². The molecule has 2 aromatic carbocycles. The van der Waals surface area contributed by atoms with E-state index in [0.717, 1.165) is 5.56 Å². The van der Waals surface area contributed by atoms with E-state index >= 15 is 0 Å². The minimum absolute atomic E-state index is 0.0932. The molecule has 10 heteroatoms. The lowest BCUT2D eigenvalue weighted by molar-refractivity contribution is -0.154. The van der Waals surface area contributed by atoms with Gasteiger partial charge in [0.15, 0.2) is 0 Å². The van der Waals surface area contributed by atoms with Crippen LogP contribution in [0.5, 0.6) is 5.75 Å². The first kappa shape index (κ1) is 31.3. The lowest BCUT2D eigenvalue weighted by Crippen LogP contribution is -2.58. The highest BCUT2D eigenvalue weighted by atomic mass is 79.9. The van der Waals surface area contributed by atoms with E-state index in [0.29, 0.717) is 30.7 Å². The molecular weight excluding hydrogens is 632 g/mol. The molecule has 7 atom stereocenters. The van der Waals surface area contributed by atoms with Crippen molar-refractivity contribution in [3.8, 4) is 5.75 Å². The minimum Gasteiger partial charge on any atom is -0.497 e. The number of aliphatic hydroxyl groups is 1. The molecule has 0 aromatic heterocycles. The third-order valence-electron chi connectivity index (χ3n) is 8.68. The second-order valence-electron chi connectivity index (χ2n) is 11.1. The second kappa shape index (κ2) is 13.3. The van der Waals surface area contributed by atoms with Gasteiger partial charge in [0.1, 0.15) is 11.8 Å². The van der Waals surface area contributed by atoms with Crippen LogP contribution in [0, 0.1) is 11.8 Å². The molecule has 3 aliphatic heterocycles. The van der Waals surface area contributed by atoms with E-state index < -0.39 is 34.6 Å². The summed E-state index contributed by atoms with van der Waals surface area (Å²) >= 11 is 5.33. The van der Waals surface area contributed by atoms with Crippen LogP contribution in [0.3, 0.4) is 0 Å². The number of ether oxygens (including phenoxy) is 2. The largest absolute Gasteiger partial charge is 0.497 e. The first-order chi connectivity index (χ1) is 20.8. The van der Waals surface area contributed by atoms with E-state index in [1.807, 2.05) is 30.3 Å². The van der Waals surface area contributed by atoms with Crippen LogP contribution in [-0.4, -0.2) is 81.6 Å². The van der Waals surface area contributed by atoms with Gasteiger partial charge < -0.3 is 24.4 Å². The number of nitrogens with zero attached hydrogens (tertiary/aromatic N) is 2.